The van der Waals surface area contributed by atoms with Gasteiger partial charge in [-0.1, -0.05) is 18.6 Å². The van der Waals surface area contributed by atoms with Crippen LogP contribution in [0.25, 0.3) is 11.0 Å². The molecule has 5 N–H and O–H groups in total. The van der Waals surface area contributed by atoms with Crippen molar-refractivity contribution in [2.24, 2.45) is 5.73 Å². The maximum absolute atomic E-state index is 13.2. The number of carbonyl (C=O) groups is 2. The lowest BCUT2D eigenvalue weighted by atomic mass is 10.1. The minimum absolute atomic E-state index is 0.0454. The van der Waals surface area contributed by atoms with Crippen molar-refractivity contribution in [1.29, 1.82) is 0 Å². The molecule has 0 radical (unpaired) electrons. The second-order valence-electron chi connectivity index (χ2n) is 9.39. The summed E-state index contributed by atoms with van der Waals surface area (Å²) in [5.41, 5.74) is 10.2. The van der Waals surface area contributed by atoms with E-state index in [1.807, 2.05) is 42.5 Å². The molecule has 1 aliphatic rings. The van der Waals surface area contributed by atoms with Crippen molar-refractivity contribution in [1.82, 2.24) is 25.1 Å². The summed E-state index contributed by atoms with van der Waals surface area (Å²) < 4.78 is 0. The van der Waals surface area contributed by atoms with Crippen molar-refractivity contribution < 1.29 is 9.59 Å². The summed E-state index contributed by atoms with van der Waals surface area (Å²) in [6.45, 7) is 4.88. The number of amides is 2. The Bertz CT molecular complexity index is 1140. The predicted octanol–water partition coefficient (Wildman–Crippen LogP) is 2.70. The van der Waals surface area contributed by atoms with Gasteiger partial charge in [0, 0.05) is 57.4 Å². The summed E-state index contributed by atoms with van der Waals surface area (Å²) in [5, 5.41) is 6.49. The van der Waals surface area contributed by atoms with Crippen LogP contribution in [0.15, 0.2) is 42.5 Å². The fourth-order valence-corrected chi connectivity index (χ4v) is 4.54. The van der Waals surface area contributed by atoms with Gasteiger partial charge in [-0.3, -0.25) is 14.5 Å². The summed E-state index contributed by atoms with van der Waals surface area (Å²) in [5.74, 6) is 0.813. The van der Waals surface area contributed by atoms with Crippen molar-refractivity contribution in [3.8, 4) is 0 Å². The highest BCUT2D eigenvalue weighted by molar-refractivity contribution is 5.94. The molecule has 0 saturated heterocycles. The number of rotatable bonds is 11. The largest absolute Gasteiger partial charge is 0.383 e. The zero-order chi connectivity index (χ0) is 25.3. The number of imidazole rings is 1. The standard InChI is InChI=1S/C27H37N7O2/c1-33(19-25-31-23-7-4-5-8-24(23)32-25)27(36)20-10-11-22-21(17-20)18-34(15-13-29-22)16-14-30-26(35)9-3-2-6-12-28/h4-5,7-8,10-11,17,29H,2-3,6,9,12-16,18-19,28H2,1H3,(H,30,35)(H,31,32). The number of fused-ring (bicyclic) bond motifs is 2. The number of carbonyl (C=O) groups excluding carboxylic acids is 2. The Morgan fingerprint density at radius 3 is 2.86 bits per heavy atom. The Balaban J connectivity index is 1.32. The highest BCUT2D eigenvalue weighted by Crippen LogP contribution is 2.23. The van der Waals surface area contributed by atoms with E-state index in [-0.39, 0.29) is 11.8 Å². The number of unbranched alkanes of at least 4 members (excludes halogenated alkanes) is 2. The van der Waals surface area contributed by atoms with Crippen molar-refractivity contribution in [2.75, 3.05) is 45.1 Å². The van der Waals surface area contributed by atoms with Crippen LogP contribution < -0.4 is 16.4 Å². The fourth-order valence-electron chi connectivity index (χ4n) is 4.54. The number of anilines is 1. The van der Waals surface area contributed by atoms with E-state index in [1.165, 1.54) is 0 Å². The Labute approximate surface area is 212 Å². The number of aromatic amines is 1. The summed E-state index contributed by atoms with van der Waals surface area (Å²) in [6, 6.07) is 13.7. The molecule has 3 aromatic rings. The number of hydrogen-bond donors (Lipinski definition) is 4. The highest BCUT2D eigenvalue weighted by Gasteiger charge is 2.19. The lowest BCUT2D eigenvalue weighted by molar-refractivity contribution is -0.121. The molecule has 1 aromatic heterocycles. The summed E-state index contributed by atoms with van der Waals surface area (Å²) >= 11 is 0. The minimum atomic E-state index is -0.0454. The van der Waals surface area contributed by atoms with Crippen LogP contribution in [0.2, 0.25) is 0 Å². The van der Waals surface area contributed by atoms with Gasteiger partial charge < -0.3 is 26.3 Å². The molecule has 36 heavy (non-hydrogen) atoms. The van der Waals surface area contributed by atoms with Gasteiger partial charge in [0.05, 0.1) is 17.6 Å². The Hall–Kier alpha value is -3.43. The van der Waals surface area contributed by atoms with Gasteiger partial charge in [0.2, 0.25) is 5.91 Å². The number of hydrogen-bond acceptors (Lipinski definition) is 6. The molecule has 4 rings (SSSR count). The van der Waals surface area contributed by atoms with Crippen LogP contribution >= 0.6 is 0 Å². The lowest BCUT2D eigenvalue weighted by Gasteiger charge is -2.21. The van der Waals surface area contributed by atoms with E-state index in [1.54, 1.807) is 11.9 Å². The van der Waals surface area contributed by atoms with Crippen LogP contribution in [0.4, 0.5) is 5.69 Å². The predicted molar refractivity (Wildman–Crippen MR) is 143 cm³/mol. The number of nitrogens with two attached hydrogens (primary N) is 1. The molecule has 0 spiro atoms. The fraction of sp³-hybridized carbons (Fsp3) is 0.444. The molecule has 0 saturated carbocycles. The second-order valence-corrected chi connectivity index (χ2v) is 9.39. The van der Waals surface area contributed by atoms with Gasteiger partial charge in [-0.25, -0.2) is 4.98 Å². The van der Waals surface area contributed by atoms with Crippen LogP contribution in [-0.4, -0.2) is 71.4 Å². The van der Waals surface area contributed by atoms with Crippen molar-refractivity contribution in [3.63, 3.8) is 0 Å². The molecule has 9 heteroatoms. The maximum atomic E-state index is 13.2. The first-order chi connectivity index (χ1) is 17.5. The highest BCUT2D eigenvalue weighted by atomic mass is 16.2. The van der Waals surface area contributed by atoms with E-state index in [2.05, 4.69) is 25.5 Å². The summed E-state index contributed by atoms with van der Waals surface area (Å²) in [4.78, 5) is 37.1. The quantitative estimate of drug-likeness (QED) is 0.306. The van der Waals surface area contributed by atoms with Crippen LogP contribution in [-0.2, 0) is 17.9 Å². The Morgan fingerprint density at radius 2 is 2.03 bits per heavy atom. The third kappa shape index (κ3) is 6.83. The van der Waals surface area contributed by atoms with E-state index >= 15 is 0 Å². The van der Waals surface area contributed by atoms with Gasteiger partial charge in [-0.2, -0.15) is 0 Å². The normalized spacial score (nSPS) is 13.6. The number of H-pyrrole nitrogens is 1. The molecule has 0 atom stereocenters. The van der Waals surface area contributed by atoms with E-state index in [0.29, 0.717) is 31.6 Å². The number of nitrogens with one attached hydrogen (secondary N) is 3. The zero-order valence-corrected chi connectivity index (χ0v) is 21.1. The van der Waals surface area contributed by atoms with E-state index < -0.39 is 0 Å². The van der Waals surface area contributed by atoms with Gasteiger partial charge in [0.15, 0.2) is 0 Å². The van der Waals surface area contributed by atoms with Gasteiger partial charge in [-0.15, -0.1) is 0 Å². The zero-order valence-electron chi connectivity index (χ0n) is 21.1. The molecule has 192 valence electrons. The molecule has 9 nitrogen and oxygen atoms in total. The van der Waals surface area contributed by atoms with Crippen molar-refractivity contribution >= 4 is 28.5 Å². The SMILES string of the molecule is CN(Cc1nc2ccccc2[nH]1)C(=O)c1ccc2c(c1)CN(CCNC(=O)CCCCCN)CCN2. The lowest BCUT2D eigenvalue weighted by Crippen LogP contribution is -2.35. The maximum Gasteiger partial charge on any atom is 0.254 e. The van der Waals surface area contributed by atoms with Gasteiger partial charge in [-0.05, 0) is 55.3 Å². The van der Waals surface area contributed by atoms with Gasteiger partial charge >= 0.3 is 0 Å². The Kier molecular flexibility index (Phi) is 8.91. The Morgan fingerprint density at radius 1 is 1.17 bits per heavy atom. The second kappa shape index (κ2) is 12.5. The van der Waals surface area contributed by atoms with Gasteiger partial charge in [0.1, 0.15) is 5.82 Å². The number of aromatic nitrogens is 2. The smallest absolute Gasteiger partial charge is 0.254 e. The van der Waals surface area contributed by atoms with Crippen LogP contribution in [0, 0.1) is 0 Å². The minimum Gasteiger partial charge on any atom is -0.383 e. The monoisotopic (exact) mass is 491 g/mol. The van der Waals surface area contributed by atoms with E-state index in [4.69, 9.17) is 5.73 Å². The molecule has 2 amide bonds. The van der Waals surface area contributed by atoms with Crippen LogP contribution in [0.5, 0.6) is 0 Å². The van der Waals surface area contributed by atoms with Crippen molar-refractivity contribution in [3.05, 3.63) is 59.4 Å². The van der Waals surface area contributed by atoms with E-state index in [0.717, 1.165) is 73.6 Å². The first kappa shape index (κ1) is 25.7. The van der Waals surface area contributed by atoms with Crippen LogP contribution in [0.3, 0.4) is 0 Å². The van der Waals surface area contributed by atoms with Crippen LogP contribution in [0.1, 0.15) is 47.4 Å². The number of benzene rings is 2. The first-order valence-electron chi connectivity index (χ1n) is 12.8. The first-order valence-corrected chi connectivity index (χ1v) is 12.8. The van der Waals surface area contributed by atoms with Gasteiger partial charge in [0.25, 0.3) is 5.91 Å². The third-order valence-electron chi connectivity index (χ3n) is 6.52. The summed E-state index contributed by atoms with van der Waals surface area (Å²) in [6.07, 6.45) is 3.39. The average Bonchev–Trinajstić information content (AvgIpc) is 3.17. The molecule has 0 aliphatic carbocycles. The molecule has 2 heterocycles. The molecule has 0 bridgehead atoms. The molecular weight excluding hydrogens is 454 g/mol. The molecular formula is C27H37N7O2. The topological polar surface area (TPSA) is 119 Å². The number of nitrogens with zero attached hydrogens (tertiary/aromatic N) is 3. The molecule has 0 fully saturated rings. The summed E-state index contributed by atoms with van der Waals surface area (Å²) in [7, 11) is 1.80. The molecule has 1 aliphatic heterocycles. The van der Waals surface area contributed by atoms with Crippen molar-refractivity contribution in [2.45, 2.75) is 38.8 Å². The van der Waals surface area contributed by atoms with E-state index in [9.17, 15) is 9.59 Å². The third-order valence-corrected chi connectivity index (χ3v) is 6.52. The molecule has 0 unspecified atom stereocenters. The number of para-hydroxylation sites is 2. The molecule has 2 aromatic carbocycles. The average molecular weight is 492 g/mol.